The van der Waals surface area contributed by atoms with Crippen molar-refractivity contribution < 1.29 is 9.59 Å². The lowest BCUT2D eigenvalue weighted by atomic mass is 10.0. The third-order valence-corrected chi connectivity index (χ3v) is 8.01. The van der Waals surface area contributed by atoms with Crippen LogP contribution >= 0.6 is 0 Å². The summed E-state index contributed by atoms with van der Waals surface area (Å²) in [6.45, 7) is 0. The first-order valence-electron chi connectivity index (χ1n) is 15.5. The number of nitrogens with two attached hydrogens (primary N) is 2. The second-order valence-electron chi connectivity index (χ2n) is 11.5. The van der Waals surface area contributed by atoms with Crippen molar-refractivity contribution in [3.05, 3.63) is 155 Å². The molecule has 0 aliphatic rings. The molecule has 7 rings (SSSR count). The molecule has 10 nitrogen and oxygen atoms in total. The van der Waals surface area contributed by atoms with Crippen molar-refractivity contribution in [2.45, 2.75) is 0 Å². The molecular formula is C39H31N7O3. The molecule has 0 atom stereocenters. The molecule has 0 fully saturated rings. The van der Waals surface area contributed by atoms with Crippen LogP contribution in [0.3, 0.4) is 0 Å². The van der Waals surface area contributed by atoms with Gasteiger partial charge < -0.3 is 37.7 Å². The van der Waals surface area contributed by atoms with E-state index in [1.165, 1.54) is 0 Å². The van der Waals surface area contributed by atoms with Crippen LogP contribution in [0.5, 0.6) is 0 Å². The fraction of sp³-hybridized carbons (Fsp3) is 0. The summed E-state index contributed by atoms with van der Waals surface area (Å²) in [6, 6.07) is 39.2. The second-order valence-corrected chi connectivity index (χ2v) is 11.5. The number of amides is 2. The normalized spacial score (nSPS) is 10.9. The van der Waals surface area contributed by atoms with Gasteiger partial charge in [-0.1, -0.05) is 0 Å². The Hall–Kier alpha value is -7.07. The monoisotopic (exact) mass is 645 g/mol. The van der Waals surface area contributed by atoms with E-state index in [0.29, 0.717) is 55.7 Å². The van der Waals surface area contributed by atoms with Gasteiger partial charge in [-0.15, -0.1) is 0 Å². The van der Waals surface area contributed by atoms with Gasteiger partial charge in [0.1, 0.15) is 0 Å². The molecule has 1 heterocycles. The minimum atomic E-state index is -0.346. The number of hydrogen-bond acceptors (Lipinski definition) is 7. The number of carbonyl (C=O) groups is 2. The molecule has 9 N–H and O–H groups in total. The Kier molecular flexibility index (Phi) is 8.09. The minimum Gasteiger partial charge on any atom is -0.399 e. The van der Waals surface area contributed by atoms with Gasteiger partial charge in [0.2, 0.25) is 0 Å². The third kappa shape index (κ3) is 6.88. The minimum absolute atomic E-state index is 0.243. The van der Waals surface area contributed by atoms with Crippen LogP contribution in [0.4, 0.5) is 45.5 Å². The largest absolute Gasteiger partial charge is 0.399 e. The summed E-state index contributed by atoms with van der Waals surface area (Å²) in [5.41, 5.74) is 19.2. The summed E-state index contributed by atoms with van der Waals surface area (Å²) in [5, 5.41) is 13.1. The Labute approximate surface area is 280 Å². The second kappa shape index (κ2) is 13.0. The number of fused-ring (bicyclic) bond motifs is 2. The Morgan fingerprint density at radius 1 is 0.449 bits per heavy atom. The van der Waals surface area contributed by atoms with Crippen molar-refractivity contribution in [2.24, 2.45) is 0 Å². The number of aromatic amines is 1. The van der Waals surface area contributed by atoms with Crippen molar-refractivity contribution in [1.82, 2.24) is 4.98 Å². The van der Waals surface area contributed by atoms with Gasteiger partial charge in [0.15, 0.2) is 5.43 Å². The van der Waals surface area contributed by atoms with Crippen LogP contribution in [0.2, 0.25) is 0 Å². The molecule has 0 saturated carbocycles. The number of anilines is 8. The van der Waals surface area contributed by atoms with Crippen LogP contribution in [-0.4, -0.2) is 16.8 Å². The van der Waals surface area contributed by atoms with E-state index in [9.17, 15) is 14.4 Å². The van der Waals surface area contributed by atoms with Gasteiger partial charge in [-0.3, -0.25) is 14.4 Å². The van der Waals surface area contributed by atoms with Gasteiger partial charge in [-0.25, -0.2) is 0 Å². The lowest BCUT2D eigenvalue weighted by Gasteiger charge is -2.10. The average molecular weight is 646 g/mol. The highest BCUT2D eigenvalue weighted by Gasteiger charge is 2.14. The Bertz CT molecular complexity index is 2390. The summed E-state index contributed by atoms with van der Waals surface area (Å²) in [4.78, 5) is 43.0. The fourth-order valence-electron chi connectivity index (χ4n) is 5.41. The van der Waals surface area contributed by atoms with E-state index >= 15 is 0 Å². The number of H-pyrrole nitrogens is 1. The summed E-state index contributed by atoms with van der Waals surface area (Å²) >= 11 is 0. The van der Waals surface area contributed by atoms with Gasteiger partial charge in [0.25, 0.3) is 11.8 Å². The van der Waals surface area contributed by atoms with Gasteiger partial charge in [-0.05, 0) is 133 Å². The van der Waals surface area contributed by atoms with Crippen LogP contribution < -0.4 is 38.2 Å². The van der Waals surface area contributed by atoms with Crippen molar-refractivity contribution >= 4 is 79.1 Å². The van der Waals surface area contributed by atoms with Gasteiger partial charge in [-0.2, -0.15) is 0 Å². The predicted octanol–water partition coefficient (Wildman–Crippen LogP) is 7.84. The molecule has 10 heteroatoms. The van der Waals surface area contributed by atoms with E-state index in [-0.39, 0.29) is 17.2 Å². The van der Waals surface area contributed by atoms with E-state index in [1.54, 1.807) is 60.7 Å². The molecule has 0 saturated heterocycles. The van der Waals surface area contributed by atoms with Crippen LogP contribution in [0.1, 0.15) is 20.7 Å². The maximum Gasteiger partial charge on any atom is 0.255 e. The highest BCUT2D eigenvalue weighted by molar-refractivity contribution is 6.08. The third-order valence-electron chi connectivity index (χ3n) is 8.01. The Morgan fingerprint density at radius 3 is 1.35 bits per heavy atom. The standard InChI is InChI=1S/C39H31N7O3/c40-25-3-7-27(8-4-25)42-29-11-15-31(16-12-29)44-38(48)23-2-20-35-34(21-23)37(47)33-19-1-24(22-36(33)46-35)39(49)45-32-17-13-30(14-18-32)43-28-9-5-26(41)6-10-28/h1-22,42-43H,40-41H2,(H,44,48)(H,45,49)(H,46,47). The first kappa shape index (κ1) is 30.6. The van der Waals surface area contributed by atoms with Gasteiger partial charge >= 0.3 is 0 Å². The maximum absolute atomic E-state index is 13.5. The molecule has 0 spiro atoms. The number of pyridine rings is 1. The topological polar surface area (TPSA) is 167 Å². The van der Waals surface area contributed by atoms with Gasteiger partial charge in [0.05, 0.1) is 5.52 Å². The molecular weight excluding hydrogens is 614 g/mol. The highest BCUT2D eigenvalue weighted by Crippen LogP contribution is 2.23. The van der Waals surface area contributed by atoms with Gasteiger partial charge in [0, 0.05) is 72.9 Å². The lowest BCUT2D eigenvalue weighted by molar-refractivity contribution is 0.101. The number of benzene rings is 6. The number of hydrogen-bond donors (Lipinski definition) is 7. The fourth-order valence-corrected chi connectivity index (χ4v) is 5.41. The molecule has 0 bridgehead atoms. The molecule has 0 aliphatic carbocycles. The van der Waals surface area contributed by atoms with Crippen molar-refractivity contribution in [1.29, 1.82) is 0 Å². The first-order valence-corrected chi connectivity index (χ1v) is 15.5. The smallest absolute Gasteiger partial charge is 0.255 e. The predicted molar refractivity (Wildman–Crippen MR) is 199 cm³/mol. The van der Waals surface area contributed by atoms with Crippen LogP contribution in [0.15, 0.2) is 138 Å². The molecule has 49 heavy (non-hydrogen) atoms. The van der Waals surface area contributed by atoms with E-state index in [0.717, 1.165) is 22.7 Å². The molecule has 0 aliphatic heterocycles. The Balaban J connectivity index is 1.03. The van der Waals surface area contributed by atoms with Crippen molar-refractivity contribution in [3.8, 4) is 0 Å². The van der Waals surface area contributed by atoms with E-state index in [1.807, 2.05) is 72.8 Å². The molecule has 1 aromatic heterocycles. The zero-order valence-corrected chi connectivity index (χ0v) is 26.1. The lowest BCUT2D eigenvalue weighted by Crippen LogP contribution is -2.14. The molecule has 0 radical (unpaired) electrons. The Morgan fingerprint density at radius 2 is 0.857 bits per heavy atom. The van der Waals surface area contributed by atoms with Crippen LogP contribution in [-0.2, 0) is 0 Å². The zero-order chi connectivity index (χ0) is 33.9. The number of nitrogens with one attached hydrogen (secondary N) is 5. The number of aromatic nitrogens is 1. The molecule has 2 amide bonds. The SMILES string of the molecule is Nc1ccc(Nc2ccc(NC(=O)c3ccc4c(=O)c5cc(C(=O)Nc6ccc(Nc7ccc(N)cc7)cc6)ccc5[nH]c4c3)cc2)cc1. The molecule has 240 valence electrons. The van der Waals surface area contributed by atoms with E-state index in [4.69, 9.17) is 11.5 Å². The van der Waals surface area contributed by atoms with Crippen LogP contribution in [0, 0.1) is 0 Å². The summed E-state index contributed by atoms with van der Waals surface area (Å²) in [5.74, 6) is -0.662. The van der Waals surface area contributed by atoms with E-state index in [2.05, 4.69) is 26.3 Å². The summed E-state index contributed by atoms with van der Waals surface area (Å²) < 4.78 is 0. The number of nitrogen functional groups attached to an aromatic ring is 2. The number of rotatable bonds is 8. The molecule has 7 aromatic rings. The van der Waals surface area contributed by atoms with Crippen molar-refractivity contribution in [2.75, 3.05) is 32.7 Å². The number of carbonyl (C=O) groups excluding carboxylic acids is 2. The highest BCUT2D eigenvalue weighted by atomic mass is 16.2. The van der Waals surface area contributed by atoms with E-state index < -0.39 is 0 Å². The average Bonchev–Trinajstić information content (AvgIpc) is 3.11. The van der Waals surface area contributed by atoms with Crippen LogP contribution in [0.25, 0.3) is 21.8 Å². The summed E-state index contributed by atoms with van der Waals surface area (Å²) in [7, 11) is 0. The summed E-state index contributed by atoms with van der Waals surface area (Å²) in [6.07, 6.45) is 0. The zero-order valence-electron chi connectivity index (χ0n) is 26.1. The molecule has 6 aromatic carbocycles. The molecule has 0 unspecified atom stereocenters. The maximum atomic E-state index is 13.5. The first-order chi connectivity index (χ1) is 23.8. The van der Waals surface area contributed by atoms with Crippen molar-refractivity contribution in [3.63, 3.8) is 0 Å². The quantitative estimate of drug-likeness (QED) is 0.0653.